The zero-order valence-corrected chi connectivity index (χ0v) is 9.60. The van der Waals surface area contributed by atoms with Gasteiger partial charge in [-0.25, -0.2) is 4.79 Å². The summed E-state index contributed by atoms with van der Waals surface area (Å²) in [4.78, 5) is 32.9. The van der Waals surface area contributed by atoms with Gasteiger partial charge in [-0.05, 0) is 26.2 Å². The summed E-state index contributed by atoms with van der Waals surface area (Å²) >= 11 is 0. The SMILES string of the molecule is CC(NC(N)=O)C(=O)NC1CCC(C(=O)O)C1. The second-order valence-electron chi connectivity index (χ2n) is 4.28. The molecule has 0 aromatic carbocycles. The maximum absolute atomic E-state index is 11.6. The predicted molar refractivity (Wildman–Crippen MR) is 59.1 cm³/mol. The lowest BCUT2D eigenvalue weighted by Crippen LogP contribution is -2.49. The van der Waals surface area contributed by atoms with Crippen molar-refractivity contribution in [2.45, 2.75) is 38.3 Å². The molecule has 5 N–H and O–H groups in total. The van der Waals surface area contributed by atoms with Gasteiger partial charge in [0.05, 0.1) is 5.92 Å². The Labute approximate surface area is 98.7 Å². The summed E-state index contributed by atoms with van der Waals surface area (Å²) < 4.78 is 0. The molecule has 96 valence electrons. The van der Waals surface area contributed by atoms with Crippen molar-refractivity contribution in [1.82, 2.24) is 10.6 Å². The Morgan fingerprint density at radius 1 is 1.35 bits per heavy atom. The highest BCUT2D eigenvalue weighted by molar-refractivity contribution is 5.86. The summed E-state index contributed by atoms with van der Waals surface area (Å²) in [5.74, 6) is -1.57. The Morgan fingerprint density at radius 3 is 2.47 bits per heavy atom. The zero-order chi connectivity index (χ0) is 13.0. The van der Waals surface area contributed by atoms with Gasteiger partial charge in [-0.2, -0.15) is 0 Å². The molecule has 1 rings (SSSR count). The minimum Gasteiger partial charge on any atom is -0.481 e. The smallest absolute Gasteiger partial charge is 0.312 e. The van der Waals surface area contributed by atoms with Gasteiger partial charge in [-0.3, -0.25) is 9.59 Å². The van der Waals surface area contributed by atoms with E-state index in [1.165, 1.54) is 6.92 Å². The Kier molecular flexibility index (Phi) is 4.30. The number of amides is 3. The summed E-state index contributed by atoms with van der Waals surface area (Å²) in [7, 11) is 0. The standard InChI is InChI=1S/C10H17N3O4/c1-5(12-10(11)17)8(14)13-7-3-2-6(4-7)9(15)16/h5-7H,2-4H2,1H3,(H,13,14)(H,15,16)(H3,11,12,17). The fourth-order valence-electron chi connectivity index (χ4n) is 1.94. The predicted octanol–water partition coefficient (Wildman–Crippen LogP) is -0.587. The number of urea groups is 1. The molecular formula is C10H17N3O4. The first-order chi connectivity index (χ1) is 7.90. The lowest BCUT2D eigenvalue weighted by atomic mass is 10.1. The van der Waals surface area contributed by atoms with E-state index in [-0.39, 0.29) is 17.9 Å². The van der Waals surface area contributed by atoms with Crippen LogP contribution in [0.5, 0.6) is 0 Å². The van der Waals surface area contributed by atoms with E-state index < -0.39 is 18.0 Å². The maximum atomic E-state index is 11.6. The summed E-state index contributed by atoms with van der Waals surface area (Å²) in [5.41, 5.74) is 4.89. The van der Waals surface area contributed by atoms with E-state index in [1.807, 2.05) is 0 Å². The Morgan fingerprint density at radius 2 is 2.00 bits per heavy atom. The van der Waals surface area contributed by atoms with Gasteiger partial charge in [-0.1, -0.05) is 0 Å². The van der Waals surface area contributed by atoms with E-state index in [2.05, 4.69) is 10.6 Å². The number of carboxylic acids is 1. The largest absolute Gasteiger partial charge is 0.481 e. The molecule has 1 fully saturated rings. The summed E-state index contributed by atoms with van der Waals surface area (Å²) in [6.07, 6.45) is 1.65. The summed E-state index contributed by atoms with van der Waals surface area (Å²) in [5, 5.41) is 13.8. The van der Waals surface area contributed by atoms with Gasteiger partial charge in [0.15, 0.2) is 0 Å². The monoisotopic (exact) mass is 243 g/mol. The van der Waals surface area contributed by atoms with Gasteiger partial charge in [0.1, 0.15) is 6.04 Å². The van der Waals surface area contributed by atoms with Crippen molar-refractivity contribution in [2.24, 2.45) is 11.7 Å². The van der Waals surface area contributed by atoms with E-state index in [1.54, 1.807) is 0 Å². The lowest BCUT2D eigenvalue weighted by molar-refractivity contribution is -0.141. The fourth-order valence-corrected chi connectivity index (χ4v) is 1.94. The van der Waals surface area contributed by atoms with Gasteiger partial charge < -0.3 is 21.5 Å². The number of nitrogens with one attached hydrogen (secondary N) is 2. The number of hydrogen-bond donors (Lipinski definition) is 4. The molecular weight excluding hydrogens is 226 g/mol. The van der Waals surface area contributed by atoms with Crippen molar-refractivity contribution in [2.75, 3.05) is 0 Å². The van der Waals surface area contributed by atoms with E-state index in [0.717, 1.165) is 0 Å². The normalized spacial score (nSPS) is 25.0. The topological polar surface area (TPSA) is 122 Å². The van der Waals surface area contributed by atoms with Gasteiger partial charge in [0.25, 0.3) is 0 Å². The van der Waals surface area contributed by atoms with Crippen molar-refractivity contribution in [3.05, 3.63) is 0 Å². The Balaban J connectivity index is 2.37. The van der Waals surface area contributed by atoms with E-state index >= 15 is 0 Å². The second-order valence-corrected chi connectivity index (χ2v) is 4.28. The Hall–Kier alpha value is -1.79. The number of carbonyl (C=O) groups is 3. The van der Waals surface area contributed by atoms with Crippen LogP contribution in [0.25, 0.3) is 0 Å². The molecule has 1 aliphatic rings. The molecule has 0 radical (unpaired) electrons. The van der Waals surface area contributed by atoms with Crippen molar-refractivity contribution in [1.29, 1.82) is 0 Å². The van der Waals surface area contributed by atoms with Crippen LogP contribution in [0.3, 0.4) is 0 Å². The van der Waals surface area contributed by atoms with Crippen LogP contribution in [0, 0.1) is 5.92 Å². The first-order valence-electron chi connectivity index (χ1n) is 5.49. The van der Waals surface area contributed by atoms with Crippen molar-refractivity contribution < 1.29 is 19.5 Å². The highest BCUT2D eigenvalue weighted by atomic mass is 16.4. The third-order valence-electron chi connectivity index (χ3n) is 2.88. The number of aliphatic carboxylic acids is 1. The van der Waals surface area contributed by atoms with Crippen molar-refractivity contribution in [3.8, 4) is 0 Å². The molecule has 7 nitrogen and oxygen atoms in total. The second kappa shape index (κ2) is 5.51. The van der Waals surface area contributed by atoms with Gasteiger partial charge in [-0.15, -0.1) is 0 Å². The minimum absolute atomic E-state index is 0.138. The summed E-state index contributed by atoms with van der Waals surface area (Å²) in [6.45, 7) is 1.52. The molecule has 3 amide bonds. The first kappa shape index (κ1) is 13.3. The van der Waals surface area contributed by atoms with E-state index in [0.29, 0.717) is 19.3 Å². The molecule has 0 aliphatic heterocycles. The molecule has 0 spiro atoms. The molecule has 0 saturated heterocycles. The molecule has 17 heavy (non-hydrogen) atoms. The molecule has 1 saturated carbocycles. The quantitative estimate of drug-likeness (QED) is 0.527. The molecule has 1 aliphatic carbocycles. The lowest BCUT2D eigenvalue weighted by Gasteiger charge is -2.16. The number of rotatable bonds is 4. The zero-order valence-electron chi connectivity index (χ0n) is 9.60. The molecule has 0 aromatic heterocycles. The number of nitrogens with two attached hydrogens (primary N) is 1. The highest BCUT2D eigenvalue weighted by Crippen LogP contribution is 2.25. The maximum Gasteiger partial charge on any atom is 0.312 e. The van der Waals surface area contributed by atoms with Gasteiger partial charge >= 0.3 is 12.0 Å². The third-order valence-corrected chi connectivity index (χ3v) is 2.88. The average molecular weight is 243 g/mol. The van der Waals surface area contributed by atoms with Crippen LogP contribution in [-0.4, -0.2) is 35.1 Å². The van der Waals surface area contributed by atoms with E-state index in [9.17, 15) is 14.4 Å². The fraction of sp³-hybridized carbons (Fsp3) is 0.700. The summed E-state index contributed by atoms with van der Waals surface area (Å²) in [6, 6.07) is -1.61. The van der Waals surface area contributed by atoms with Crippen LogP contribution < -0.4 is 16.4 Å². The molecule has 0 aromatic rings. The van der Waals surface area contributed by atoms with Crippen LogP contribution in [0.1, 0.15) is 26.2 Å². The molecule has 7 heteroatoms. The first-order valence-corrected chi connectivity index (χ1v) is 5.49. The minimum atomic E-state index is -0.829. The number of primary amides is 1. The molecule has 0 bridgehead atoms. The third kappa shape index (κ3) is 3.93. The van der Waals surface area contributed by atoms with E-state index in [4.69, 9.17) is 10.8 Å². The molecule has 0 heterocycles. The number of carbonyl (C=O) groups excluding carboxylic acids is 2. The van der Waals surface area contributed by atoms with Crippen LogP contribution in [-0.2, 0) is 9.59 Å². The van der Waals surface area contributed by atoms with Crippen LogP contribution >= 0.6 is 0 Å². The average Bonchev–Trinajstić information content (AvgIpc) is 2.65. The molecule has 3 unspecified atom stereocenters. The van der Waals surface area contributed by atoms with Crippen molar-refractivity contribution >= 4 is 17.9 Å². The number of carboxylic acid groups (broad SMARTS) is 1. The van der Waals surface area contributed by atoms with Gasteiger partial charge in [0.2, 0.25) is 5.91 Å². The van der Waals surface area contributed by atoms with Crippen LogP contribution in [0.2, 0.25) is 0 Å². The number of hydrogen-bond acceptors (Lipinski definition) is 3. The molecule has 3 atom stereocenters. The van der Waals surface area contributed by atoms with Gasteiger partial charge in [0, 0.05) is 6.04 Å². The highest BCUT2D eigenvalue weighted by Gasteiger charge is 2.31. The van der Waals surface area contributed by atoms with Crippen LogP contribution in [0.4, 0.5) is 4.79 Å². The van der Waals surface area contributed by atoms with Crippen LogP contribution in [0.15, 0.2) is 0 Å². The Bertz CT molecular complexity index is 332. The van der Waals surface area contributed by atoms with Crippen molar-refractivity contribution in [3.63, 3.8) is 0 Å².